The summed E-state index contributed by atoms with van der Waals surface area (Å²) in [6.07, 6.45) is 0. The second-order valence-electron chi connectivity index (χ2n) is 8.02. The van der Waals surface area contributed by atoms with E-state index in [-0.39, 0.29) is 0 Å². The van der Waals surface area contributed by atoms with E-state index in [2.05, 4.69) is 62.9 Å². The summed E-state index contributed by atoms with van der Waals surface area (Å²) in [5.41, 5.74) is 2.53. The van der Waals surface area contributed by atoms with Gasteiger partial charge in [-0.05, 0) is 38.6 Å². The molecule has 0 aliphatic carbocycles. The summed E-state index contributed by atoms with van der Waals surface area (Å²) in [6, 6.07) is 6.66. The molecule has 0 radical (unpaired) electrons. The van der Waals surface area contributed by atoms with Gasteiger partial charge in [0, 0.05) is 82.7 Å². The number of benzene rings is 1. The van der Waals surface area contributed by atoms with Gasteiger partial charge in [-0.25, -0.2) is 0 Å². The Bertz CT molecular complexity index is 663. The van der Waals surface area contributed by atoms with Gasteiger partial charge < -0.3 is 20.0 Å². The number of aliphatic imine (C=N–C) groups is 1. The maximum Gasteiger partial charge on any atom is 0.193 e. The van der Waals surface area contributed by atoms with Gasteiger partial charge in [-0.15, -0.1) is 0 Å². The van der Waals surface area contributed by atoms with Crippen molar-refractivity contribution < 1.29 is 0 Å². The number of aryl methyl sites for hydroxylation is 1. The first-order valence-electron chi connectivity index (χ1n) is 10.4. The smallest absolute Gasteiger partial charge is 0.193 e. The van der Waals surface area contributed by atoms with Crippen molar-refractivity contribution in [1.29, 1.82) is 0 Å². The molecule has 1 unspecified atom stereocenters. The molecule has 2 fully saturated rings. The van der Waals surface area contributed by atoms with Crippen LogP contribution in [0.4, 0.5) is 5.69 Å². The molecule has 0 spiro atoms. The van der Waals surface area contributed by atoms with Crippen LogP contribution in [0.3, 0.4) is 0 Å². The monoisotopic (exact) mass is 406 g/mol. The highest BCUT2D eigenvalue weighted by Crippen LogP contribution is 2.25. The lowest BCUT2D eigenvalue weighted by atomic mass is 10.1. The average Bonchev–Trinajstić information content (AvgIpc) is 2.71. The second-order valence-corrected chi connectivity index (χ2v) is 8.46. The summed E-state index contributed by atoms with van der Waals surface area (Å²) in [4.78, 5) is 14.3. The molecule has 1 N–H and O–H groups in total. The zero-order valence-corrected chi connectivity index (χ0v) is 18.5. The summed E-state index contributed by atoms with van der Waals surface area (Å²) in [5.74, 6) is 1.02. The molecule has 2 heterocycles. The zero-order chi connectivity index (χ0) is 20.1. The van der Waals surface area contributed by atoms with Crippen LogP contribution in [-0.4, -0.2) is 99.7 Å². The summed E-state index contributed by atoms with van der Waals surface area (Å²) >= 11 is 6.21. The van der Waals surface area contributed by atoms with Gasteiger partial charge in [-0.3, -0.25) is 9.89 Å². The predicted octanol–water partition coefficient (Wildman–Crippen LogP) is 1.98. The first-order valence-corrected chi connectivity index (χ1v) is 10.7. The van der Waals surface area contributed by atoms with Gasteiger partial charge in [0.05, 0.1) is 0 Å². The molecular weight excluding hydrogens is 372 g/mol. The Morgan fingerprint density at radius 1 is 1.11 bits per heavy atom. The van der Waals surface area contributed by atoms with E-state index in [0.717, 1.165) is 69.9 Å². The predicted molar refractivity (Wildman–Crippen MR) is 120 cm³/mol. The number of nitrogens with one attached hydrogen (secondary N) is 1. The summed E-state index contributed by atoms with van der Waals surface area (Å²) < 4.78 is 0. The van der Waals surface area contributed by atoms with Crippen molar-refractivity contribution in [3.63, 3.8) is 0 Å². The van der Waals surface area contributed by atoms with Gasteiger partial charge in [0.25, 0.3) is 0 Å². The molecule has 0 aromatic heterocycles. The normalized spacial score (nSPS) is 21.1. The third-order valence-corrected chi connectivity index (χ3v) is 6.25. The summed E-state index contributed by atoms with van der Waals surface area (Å²) in [7, 11) is 4.09. The highest BCUT2D eigenvalue weighted by molar-refractivity contribution is 6.30. The van der Waals surface area contributed by atoms with E-state index in [1.54, 1.807) is 0 Å². The molecule has 7 heteroatoms. The van der Waals surface area contributed by atoms with Gasteiger partial charge in [0.1, 0.15) is 0 Å². The molecule has 1 aromatic rings. The number of likely N-dealkylation sites (N-methyl/N-ethyl adjacent to an activating group) is 1. The molecule has 1 aromatic carbocycles. The second kappa shape index (κ2) is 9.81. The Kier molecular flexibility index (Phi) is 7.43. The van der Waals surface area contributed by atoms with E-state index in [4.69, 9.17) is 11.6 Å². The number of nitrogens with zero attached hydrogens (tertiary/aromatic N) is 5. The molecule has 0 bridgehead atoms. The lowest BCUT2D eigenvalue weighted by Crippen LogP contribution is -2.55. The fraction of sp³-hybridized carbons (Fsp3) is 0.667. The van der Waals surface area contributed by atoms with Crippen LogP contribution in [0.15, 0.2) is 23.2 Å². The summed E-state index contributed by atoms with van der Waals surface area (Å²) in [6.45, 7) is 13.9. The SMILES string of the molecule is CN=C(NCC(C)N1CCN(C)CC1)N1CCN(c2cc(Cl)ccc2C)CC1. The Morgan fingerprint density at radius 2 is 1.79 bits per heavy atom. The number of guanidine groups is 1. The third-order valence-electron chi connectivity index (χ3n) is 6.02. The van der Waals surface area contributed by atoms with E-state index in [9.17, 15) is 0 Å². The third kappa shape index (κ3) is 5.31. The molecule has 2 aliphatic heterocycles. The molecule has 156 valence electrons. The lowest BCUT2D eigenvalue weighted by Gasteiger charge is -2.39. The Morgan fingerprint density at radius 3 is 2.43 bits per heavy atom. The van der Waals surface area contributed by atoms with Crippen LogP contribution < -0.4 is 10.2 Å². The largest absolute Gasteiger partial charge is 0.368 e. The highest BCUT2D eigenvalue weighted by Gasteiger charge is 2.23. The maximum atomic E-state index is 6.21. The van der Waals surface area contributed by atoms with Crippen molar-refractivity contribution in [1.82, 2.24) is 20.0 Å². The molecule has 0 amide bonds. The van der Waals surface area contributed by atoms with E-state index < -0.39 is 0 Å². The van der Waals surface area contributed by atoms with Gasteiger partial charge in [-0.2, -0.15) is 0 Å². The molecule has 2 aliphatic rings. The Hall–Kier alpha value is -1.50. The first-order chi connectivity index (χ1) is 13.5. The molecule has 2 saturated heterocycles. The number of anilines is 1. The van der Waals surface area contributed by atoms with Crippen LogP contribution in [-0.2, 0) is 0 Å². The first kappa shape index (κ1) is 21.2. The number of piperazine rings is 2. The Balaban J connectivity index is 1.49. The van der Waals surface area contributed by atoms with Crippen LogP contribution in [0.25, 0.3) is 0 Å². The minimum absolute atomic E-state index is 0.515. The summed E-state index contributed by atoms with van der Waals surface area (Å²) in [5, 5.41) is 4.41. The van der Waals surface area contributed by atoms with Crippen LogP contribution in [0.5, 0.6) is 0 Å². The fourth-order valence-corrected chi connectivity index (χ4v) is 4.21. The van der Waals surface area contributed by atoms with Crippen LogP contribution in [0.2, 0.25) is 5.02 Å². The molecule has 1 atom stereocenters. The number of hydrogen-bond donors (Lipinski definition) is 1. The van der Waals surface area contributed by atoms with Gasteiger partial charge >= 0.3 is 0 Å². The molecule has 3 rings (SSSR count). The Labute approximate surface area is 175 Å². The topological polar surface area (TPSA) is 37.4 Å². The minimum Gasteiger partial charge on any atom is -0.368 e. The van der Waals surface area contributed by atoms with Gasteiger partial charge in [0.15, 0.2) is 5.96 Å². The van der Waals surface area contributed by atoms with Crippen LogP contribution in [0.1, 0.15) is 12.5 Å². The lowest BCUT2D eigenvalue weighted by molar-refractivity contribution is 0.119. The molecule has 6 nitrogen and oxygen atoms in total. The van der Waals surface area contributed by atoms with Crippen LogP contribution in [0, 0.1) is 6.92 Å². The maximum absolute atomic E-state index is 6.21. The quantitative estimate of drug-likeness (QED) is 0.611. The van der Waals surface area contributed by atoms with Crippen molar-refractivity contribution in [2.24, 2.45) is 4.99 Å². The van der Waals surface area contributed by atoms with Crippen molar-refractivity contribution >= 4 is 23.2 Å². The highest BCUT2D eigenvalue weighted by atomic mass is 35.5. The minimum atomic E-state index is 0.515. The van der Waals surface area contributed by atoms with Crippen molar-refractivity contribution in [3.8, 4) is 0 Å². The van der Waals surface area contributed by atoms with Crippen LogP contribution >= 0.6 is 11.6 Å². The van der Waals surface area contributed by atoms with E-state index in [1.807, 2.05) is 13.1 Å². The zero-order valence-electron chi connectivity index (χ0n) is 17.8. The number of hydrogen-bond acceptors (Lipinski definition) is 4. The van der Waals surface area contributed by atoms with Crippen molar-refractivity contribution in [2.45, 2.75) is 19.9 Å². The van der Waals surface area contributed by atoms with E-state index >= 15 is 0 Å². The average molecular weight is 407 g/mol. The standard InChI is InChI=1S/C21H35ClN6/c1-17-5-6-19(22)15-20(17)27-11-13-28(14-12-27)21(23-3)24-16-18(2)26-9-7-25(4)8-10-26/h5-6,15,18H,7-14,16H2,1-4H3,(H,23,24). The van der Waals surface area contributed by atoms with Gasteiger partial charge in [0.2, 0.25) is 0 Å². The number of rotatable bonds is 4. The molecule has 0 saturated carbocycles. The van der Waals surface area contributed by atoms with E-state index in [0.29, 0.717) is 6.04 Å². The van der Waals surface area contributed by atoms with Crippen molar-refractivity contribution in [3.05, 3.63) is 28.8 Å². The molecule has 28 heavy (non-hydrogen) atoms. The number of halogens is 1. The van der Waals surface area contributed by atoms with E-state index in [1.165, 1.54) is 11.3 Å². The molecular formula is C21H35ClN6. The van der Waals surface area contributed by atoms with Gasteiger partial charge in [-0.1, -0.05) is 17.7 Å². The fourth-order valence-electron chi connectivity index (χ4n) is 4.05. The van der Waals surface area contributed by atoms with Crippen molar-refractivity contribution in [2.75, 3.05) is 77.9 Å².